The van der Waals surface area contributed by atoms with E-state index in [0.29, 0.717) is 16.6 Å². The summed E-state index contributed by atoms with van der Waals surface area (Å²) in [6.07, 6.45) is 6.35. The van der Waals surface area contributed by atoms with Crippen molar-refractivity contribution in [2.24, 2.45) is 0 Å². The summed E-state index contributed by atoms with van der Waals surface area (Å²) in [5.41, 5.74) is 1.31. The average molecular weight is 357 g/mol. The molecule has 0 heterocycles. The van der Waals surface area contributed by atoms with Crippen LogP contribution in [-0.4, -0.2) is 23.3 Å². The van der Waals surface area contributed by atoms with E-state index in [4.69, 9.17) is 23.2 Å². The Balaban J connectivity index is 1.57. The predicted molar refractivity (Wildman–Crippen MR) is 92.1 cm³/mol. The topological polar surface area (TPSA) is 61.4 Å². The third kappa shape index (κ3) is 3.76. The van der Waals surface area contributed by atoms with Crippen LogP contribution in [-0.2, 0) is 6.42 Å². The van der Waals surface area contributed by atoms with Crippen molar-refractivity contribution in [2.75, 3.05) is 6.54 Å². The second kappa shape index (κ2) is 6.88. The van der Waals surface area contributed by atoms with Gasteiger partial charge in [0, 0.05) is 6.54 Å². The van der Waals surface area contributed by atoms with Crippen molar-refractivity contribution in [3.05, 3.63) is 33.3 Å². The molecule has 1 aromatic rings. The van der Waals surface area contributed by atoms with Gasteiger partial charge in [0.2, 0.25) is 0 Å². The lowest BCUT2D eigenvalue weighted by Crippen LogP contribution is -2.47. The average Bonchev–Trinajstić information content (AvgIpc) is 2.93. The quantitative estimate of drug-likeness (QED) is 0.766. The molecule has 1 unspecified atom stereocenters. The SMILES string of the molecule is O=C(NCC1(O)CCCCC1)NC1CCc2c1ccc(Cl)c2Cl. The molecule has 23 heavy (non-hydrogen) atoms. The van der Waals surface area contributed by atoms with E-state index in [1.807, 2.05) is 6.07 Å². The molecule has 1 fully saturated rings. The highest BCUT2D eigenvalue weighted by Crippen LogP contribution is 2.39. The molecule has 2 amide bonds. The van der Waals surface area contributed by atoms with Gasteiger partial charge in [-0.25, -0.2) is 4.79 Å². The fourth-order valence-corrected chi connectivity index (χ4v) is 4.07. The minimum absolute atomic E-state index is 0.0548. The Morgan fingerprint density at radius 3 is 2.74 bits per heavy atom. The van der Waals surface area contributed by atoms with E-state index in [9.17, 15) is 9.90 Å². The number of hydrogen-bond donors (Lipinski definition) is 3. The van der Waals surface area contributed by atoms with E-state index >= 15 is 0 Å². The minimum Gasteiger partial charge on any atom is -0.388 e. The van der Waals surface area contributed by atoms with Gasteiger partial charge in [0.1, 0.15) is 0 Å². The zero-order valence-corrected chi connectivity index (χ0v) is 14.5. The molecule has 126 valence electrons. The third-order valence-corrected chi connectivity index (χ3v) is 5.80. The molecule has 0 aliphatic heterocycles. The van der Waals surface area contributed by atoms with Gasteiger partial charge in [0.25, 0.3) is 0 Å². The fraction of sp³-hybridized carbons (Fsp3) is 0.588. The van der Waals surface area contributed by atoms with E-state index < -0.39 is 5.60 Å². The molecule has 1 aromatic carbocycles. The minimum atomic E-state index is -0.750. The molecule has 0 aromatic heterocycles. The number of carbonyl (C=O) groups is 1. The fourth-order valence-electron chi connectivity index (χ4n) is 3.62. The highest BCUT2D eigenvalue weighted by Gasteiger charge is 2.31. The highest BCUT2D eigenvalue weighted by atomic mass is 35.5. The molecule has 0 saturated heterocycles. The van der Waals surface area contributed by atoms with Crippen LogP contribution in [0.2, 0.25) is 10.0 Å². The number of nitrogens with one attached hydrogen (secondary N) is 2. The van der Waals surface area contributed by atoms with Gasteiger partial charge >= 0.3 is 6.03 Å². The van der Waals surface area contributed by atoms with Crippen molar-refractivity contribution in [1.82, 2.24) is 10.6 Å². The lowest BCUT2D eigenvalue weighted by molar-refractivity contribution is 0.00712. The first kappa shape index (κ1) is 16.9. The first-order valence-corrected chi connectivity index (χ1v) is 8.98. The van der Waals surface area contributed by atoms with Gasteiger partial charge in [0.15, 0.2) is 0 Å². The van der Waals surface area contributed by atoms with Crippen molar-refractivity contribution < 1.29 is 9.90 Å². The summed E-state index contributed by atoms with van der Waals surface area (Å²) in [6, 6.07) is 3.40. The summed E-state index contributed by atoms with van der Waals surface area (Å²) in [5, 5.41) is 17.4. The van der Waals surface area contributed by atoms with Crippen molar-refractivity contribution in [3.63, 3.8) is 0 Å². The Bertz CT molecular complexity index is 601. The number of halogens is 2. The van der Waals surface area contributed by atoms with Crippen molar-refractivity contribution in [1.29, 1.82) is 0 Å². The molecule has 3 rings (SSSR count). The molecule has 1 atom stereocenters. The van der Waals surface area contributed by atoms with Gasteiger partial charge in [0.05, 0.1) is 21.7 Å². The van der Waals surface area contributed by atoms with Crippen LogP contribution in [0.15, 0.2) is 12.1 Å². The lowest BCUT2D eigenvalue weighted by Gasteiger charge is -2.32. The summed E-state index contributed by atoms with van der Waals surface area (Å²) in [5.74, 6) is 0. The van der Waals surface area contributed by atoms with Crippen LogP contribution in [0.4, 0.5) is 4.79 Å². The Kier molecular flexibility index (Phi) is 5.04. The Labute approximate surface area is 146 Å². The van der Waals surface area contributed by atoms with Gasteiger partial charge in [-0.15, -0.1) is 0 Å². The highest BCUT2D eigenvalue weighted by molar-refractivity contribution is 6.42. The van der Waals surface area contributed by atoms with Crippen molar-refractivity contribution in [2.45, 2.75) is 56.6 Å². The molecule has 0 bridgehead atoms. The maximum absolute atomic E-state index is 12.2. The lowest BCUT2D eigenvalue weighted by atomic mass is 9.85. The Morgan fingerprint density at radius 2 is 2.00 bits per heavy atom. The monoisotopic (exact) mass is 356 g/mol. The van der Waals surface area contributed by atoms with Crippen molar-refractivity contribution in [3.8, 4) is 0 Å². The number of amides is 2. The summed E-state index contributed by atoms with van der Waals surface area (Å²) in [6.45, 7) is 0.305. The third-order valence-electron chi connectivity index (χ3n) is 4.96. The molecule has 4 nitrogen and oxygen atoms in total. The van der Waals surface area contributed by atoms with E-state index in [0.717, 1.165) is 56.1 Å². The standard InChI is InChI=1S/C17H22Cl2N2O2/c18-13-6-4-11-12(15(13)19)5-7-14(11)21-16(22)20-10-17(23)8-2-1-3-9-17/h4,6,14,23H,1-3,5,7-10H2,(H2,20,21,22). The summed E-state index contributed by atoms with van der Waals surface area (Å²) in [7, 11) is 0. The second-order valence-electron chi connectivity index (χ2n) is 6.63. The number of benzene rings is 1. The maximum Gasteiger partial charge on any atom is 0.315 e. The van der Waals surface area contributed by atoms with Crippen LogP contribution in [0.5, 0.6) is 0 Å². The van der Waals surface area contributed by atoms with Crippen LogP contribution in [0.3, 0.4) is 0 Å². The van der Waals surface area contributed by atoms with Crippen LogP contribution >= 0.6 is 23.2 Å². The predicted octanol–water partition coefficient (Wildman–Crippen LogP) is 3.98. The molecule has 2 aliphatic rings. The van der Waals surface area contributed by atoms with E-state index in [1.54, 1.807) is 6.07 Å². The van der Waals surface area contributed by atoms with E-state index in [2.05, 4.69) is 10.6 Å². The van der Waals surface area contributed by atoms with Gasteiger partial charge in [-0.2, -0.15) is 0 Å². The summed E-state index contributed by atoms with van der Waals surface area (Å²) < 4.78 is 0. The van der Waals surface area contributed by atoms with Gasteiger partial charge in [-0.05, 0) is 42.9 Å². The van der Waals surface area contributed by atoms with E-state index in [1.165, 1.54) is 0 Å². The van der Waals surface area contributed by atoms with Crippen molar-refractivity contribution >= 4 is 29.2 Å². The number of rotatable bonds is 3. The Hall–Kier alpha value is -0.970. The number of hydrogen-bond acceptors (Lipinski definition) is 2. The van der Waals surface area contributed by atoms with Crippen LogP contribution in [0.25, 0.3) is 0 Å². The number of urea groups is 1. The molecule has 0 spiro atoms. The zero-order valence-electron chi connectivity index (χ0n) is 13.0. The summed E-state index contributed by atoms with van der Waals surface area (Å²) >= 11 is 12.3. The first-order valence-electron chi connectivity index (χ1n) is 8.22. The molecule has 3 N–H and O–H groups in total. The molecule has 2 aliphatic carbocycles. The molecule has 1 saturated carbocycles. The normalized spacial score (nSPS) is 22.5. The molecular weight excluding hydrogens is 335 g/mol. The summed E-state index contributed by atoms with van der Waals surface area (Å²) in [4.78, 5) is 12.2. The first-order chi connectivity index (χ1) is 11.0. The van der Waals surface area contributed by atoms with Crippen LogP contribution in [0, 0.1) is 0 Å². The smallest absolute Gasteiger partial charge is 0.315 e. The molecular formula is C17H22Cl2N2O2. The molecule has 0 radical (unpaired) electrons. The molecule has 6 heteroatoms. The largest absolute Gasteiger partial charge is 0.388 e. The second-order valence-corrected chi connectivity index (χ2v) is 7.42. The number of fused-ring (bicyclic) bond motifs is 1. The zero-order chi connectivity index (χ0) is 16.4. The maximum atomic E-state index is 12.2. The van der Waals surface area contributed by atoms with Crippen LogP contribution < -0.4 is 10.6 Å². The van der Waals surface area contributed by atoms with Gasteiger partial charge in [-0.3, -0.25) is 0 Å². The number of carbonyl (C=O) groups excluding carboxylic acids is 1. The van der Waals surface area contributed by atoms with E-state index in [-0.39, 0.29) is 12.1 Å². The van der Waals surface area contributed by atoms with Gasteiger partial charge < -0.3 is 15.7 Å². The van der Waals surface area contributed by atoms with Gasteiger partial charge in [-0.1, -0.05) is 48.5 Å². The Morgan fingerprint density at radius 1 is 1.26 bits per heavy atom. The number of aliphatic hydroxyl groups is 1. The van der Waals surface area contributed by atoms with Crippen LogP contribution in [0.1, 0.15) is 55.7 Å².